The lowest BCUT2D eigenvalue weighted by molar-refractivity contribution is -0.133. The zero-order valence-electron chi connectivity index (χ0n) is 11.7. The molecule has 1 fully saturated rings. The van der Waals surface area contributed by atoms with Gasteiger partial charge in [-0.05, 0) is 24.8 Å². The minimum Gasteiger partial charge on any atom is -0.352 e. The molecular formula is C16H22N2O2. The van der Waals surface area contributed by atoms with E-state index in [1.807, 2.05) is 6.07 Å². The molecule has 20 heavy (non-hydrogen) atoms. The summed E-state index contributed by atoms with van der Waals surface area (Å²) in [6, 6.07) is 10.2. The van der Waals surface area contributed by atoms with Crippen molar-refractivity contribution in [1.29, 1.82) is 0 Å². The highest BCUT2D eigenvalue weighted by Crippen LogP contribution is 2.09. The summed E-state index contributed by atoms with van der Waals surface area (Å²) >= 11 is 0. The Morgan fingerprint density at radius 3 is 2.55 bits per heavy atom. The Hall–Kier alpha value is -1.84. The Bertz CT molecular complexity index is 445. The second kappa shape index (κ2) is 7.68. The van der Waals surface area contributed by atoms with Crippen LogP contribution in [0.3, 0.4) is 0 Å². The van der Waals surface area contributed by atoms with E-state index in [1.54, 1.807) is 0 Å². The van der Waals surface area contributed by atoms with E-state index in [-0.39, 0.29) is 17.9 Å². The van der Waals surface area contributed by atoms with E-state index in [4.69, 9.17) is 0 Å². The summed E-state index contributed by atoms with van der Waals surface area (Å²) in [7, 11) is 0. The normalized spacial score (nSPS) is 17.2. The van der Waals surface area contributed by atoms with Crippen molar-refractivity contribution >= 4 is 11.8 Å². The Morgan fingerprint density at radius 2 is 1.90 bits per heavy atom. The third-order valence-corrected chi connectivity index (χ3v) is 3.59. The molecule has 1 aliphatic rings. The topological polar surface area (TPSA) is 58.2 Å². The molecule has 1 saturated heterocycles. The van der Waals surface area contributed by atoms with Crippen LogP contribution in [-0.2, 0) is 16.0 Å². The van der Waals surface area contributed by atoms with Crippen molar-refractivity contribution in [1.82, 2.24) is 10.6 Å². The Balaban J connectivity index is 1.47. The number of hydrogen-bond donors (Lipinski definition) is 2. The van der Waals surface area contributed by atoms with Gasteiger partial charge in [-0.2, -0.15) is 0 Å². The first-order valence-electron chi connectivity index (χ1n) is 7.37. The molecule has 1 atom stereocenters. The summed E-state index contributed by atoms with van der Waals surface area (Å²) in [6.45, 7) is 0.571. The van der Waals surface area contributed by atoms with E-state index in [1.165, 1.54) is 5.56 Å². The summed E-state index contributed by atoms with van der Waals surface area (Å²) in [5.74, 6) is -0.0749. The smallest absolute Gasteiger partial charge is 0.244 e. The quantitative estimate of drug-likeness (QED) is 0.561. The highest BCUT2D eigenvalue weighted by atomic mass is 16.2. The van der Waals surface area contributed by atoms with Gasteiger partial charge in [-0.1, -0.05) is 43.2 Å². The Morgan fingerprint density at radius 1 is 1.15 bits per heavy atom. The van der Waals surface area contributed by atoms with Crippen LogP contribution in [0.25, 0.3) is 0 Å². The first-order chi connectivity index (χ1) is 9.75. The van der Waals surface area contributed by atoms with E-state index in [9.17, 15) is 9.59 Å². The average Bonchev–Trinajstić information content (AvgIpc) is 2.48. The minimum absolute atomic E-state index is 0.00657. The van der Waals surface area contributed by atoms with Gasteiger partial charge in [-0.3, -0.25) is 9.59 Å². The van der Waals surface area contributed by atoms with E-state index in [0.717, 1.165) is 32.1 Å². The fourth-order valence-electron chi connectivity index (χ4n) is 2.28. The number of nitrogens with one attached hydrogen (secondary N) is 2. The number of amides is 2. The number of carbonyl (C=O) groups is 2. The minimum atomic E-state index is -0.291. The van der Waals surface area contributed by atoms with Gasteiger partial charge < -0.3 is 10.6 Å². The van der Waals surface area contributed by atoms with Crippen LogP contribution >= 0.6 is 0 Å². The van der Waals surface area contributed by atoms with Crippen LogP contribution in [0.5, 0.6) is 0 Å². The van der Waals surface area contributed by atoms with Gasteiger partial charge in [-0.25, -0.2) is 0 Å². The van der Waals surface area contributed by atoms with Gasteiger partial charge in [0.2, 0.25) is 11.8 Å². The molecule has 0 radical (unpaired) electrons. The number of aryl methyl sites for hydroxylation is 1. The summed E-state index contributed by atoms with van der Waals surface area (Å²) < 4.78 is 0. The zero-order chi connectivity index (χ0) is 14.2. The van der Waals surface area contributed by atoms with E-state index < -0.39 is 0 Å². The average molecular weight is 274 g/mol. The monoisotopic (exact) mass is 274 g/mol. The summed E-state index contributed by atoms with van der Waals surface area (Å²) in [6.07, 6.45) is 5.90. The molecule has 2 amide bonds. The largest absolute Gasteiger partial charge is 0.352 e. The maximum Gasteiger partial charge on any atom is 0.244 e. The highest BCUT2D eigenvalue weighted by Gasteiger charge is 2.28. The van der Waals surface area contributed by atoms with Crippen LogP contribution in [0.2, 0.25) is 0 Å². The molecule has 0 spiro atoms. The lowest BCUT2D eigenvalue weighted by atomic mass is 10.1. The Labute approximate surface area is 119 Å². The van der Waals surface area contributed by atoms with Crippen LogP contribution in [0.15, 0.2) is 30.3 Å². The number of unbranched alkanes of at least 4 members (excludes halogenated alkanes) is 3. The molecule has 1 heterocycles. The molecule has 2 N–H and O–H groups in total. The van der Waals surface area contributed by atoms with E-state index in [2.05, 4.69) is 34.9 Å². The molecule has 0 bridgehead atoms. The highest BCUT2D eigenvalue weighted by molar-refractivity contribution is 5.92. The Kier molecular flexibility index (Phi) is 5.59. The van der Waals surface area contributed by atoms with E-state index >= 15 is 0 Å². The van der Waals surface area contributed by atoms with Crippen molar-refractivity contribution < 1.29 is 9.59 Å². The molecule has 1 aromatic rings. The van der Waals surface area contributed by atoms with Gasteiger partial charge in [0.05, 0.1) is 0 Å². The fourth-order valence-corrected chi connectivity index (χ4v) is 2.28. The van der Waals surface area contributed by atoms with Crippen molar-refractivity contribution in [2.45, 2.75) is 44.6 Å². The van der Waals surface area contributed by atoms with Crippen LogP contribution in [0.1, 0.15) is 37.7 Å². The van der Waals surface area contributed by atoms with Gasteiger partial charge >= 0.3 is 0 Å². The van der Waals surface area contributed by atoms with Crippen LogP contribution < -0.4 is 10.6 Å². The van der Waals surface area contributed by atoms with Crippen molar-refractivity contribution in [2.75, 3.05) is 6.54 Å². The number of β-lactam (4-membered cyclic amide) rings is 1. The third kappa shape index (κ3) is 4.68. The lowest BCUT2D eigenvalue weighted by Gasteiger charge is -2.26. The second-order valence-electron chi connectivity index (χ2n) is 5.27. The molecule has 4 heteroatoms. The maximum absolute atomic E-state index is 11.6. The molecule has 1 aliphatic heterocycles. The van der Waals surface area contributed by atoms with Gasteiger partial charge in [0, 0.05) is 13.0 Å². The number of hydrogen-bond acceptors (Lipinski definition) is 2. The molecule has 2 rings (SSSR count). The number of carbonyl (C=O) groups excluding carboxylic acids is 2. The third-order valence-electron chi connectivity index (χ3n) is 3.59. The SMILES string of the molecule is O=C(CCCCCCc1ccccc1)NC1CNC1=O. The maximum atomic E-state index is 11.6. The molecule has 0 saturated carbocycles. The molecule has 108 valence electrons. The second-order valence-corrected chi connectivity index (χ2v) is 5.27. The van der Waals surface area contributed by atoms with Crippen LogP contribution in [0.4, 0.5) is 0 Å². The van der Waals surface area contributed by atoms with Crippen molar-refractivity contribution in [3.63, 3.8) is 0 Å². The van der Waals surface area contributed by atoms with Gasteiger partial charge in [0.1, 0.15) is 6.04 Å². The summed E-state index contributed by atoms with van der Waals surface area (Å²) in [4.78, 5) is 22.5. The van der Waals surface area contributed by atoms with Gasteiger partial charge in [0.15, 0.2) is 0 Å². The summed E-state index contributed by atoms with van der Waals surface area (Å²) in [5, 5.41) is 5.34. The van der Waals surface area contributed by atoms with Crippen LogP contribution in [0, 0.1) is 0 Å². The molecular weight excluding hydrogens is 252 g/mol. The predicted octanol–water partition coefficient (Wildman–Crippen LogP) is 1.79. The molecule has 1 aromatic carbocycles. The van der Waals surface area contributed by atoms with E-state index in [0.29, 0.717) is 13.0 Å². The lowest BCUT2D eigenvalue weighted by Crippen LogP contribution is -2.61. The number of benzene rings is 1. The first kappa shape index (κ1) is 14.6. The first-order valence-corrected chi connectivity index (χ1v) is 7.37. The molecule has 4 nitrogen and oxygen atoms in total. The molecule has 1 unspecified atom stereocenters. The number of rotatable bonds is 8. The van der Waals surface area contributed by atoms with Gasteiger partial charge in [0.25, 0.3) is 0 Å². The van der Waals surface area contributed by atoms with Crippen molar-refractivity contribution in [3.8, 4) is 0 Å². The van der Waals surface area contributed by atoms with Gasteiger partial charge in [-0.15, -0.1) is 0 Å². The fraction of sp³-hybridized carbons (Fsp3) is 0.500. The van der Waals surface area contributed by atoms with Crippen molar-refractivity contribution in [3.05, 3.63) is 35.9 Å². The molecule has 0 aromatic heterocycles. The van der Waals surface area contributed by atoms with Crippen molar-refractivity contribution in [2.24, 2.45) is 0 Å². The standard InChI is InChI=1S/C16H22N2O2/c19-15(18-14-12-17-16(14)20)11-7-2-1-4-8-13-9-5-3-6-10-13/h3,5-6,9-10,14H,1-2,4,7-8,11-12H2,(H,17,20)(H,18,19). The predicted molar refractivity (Wildman–Crippen MR) is 78.2 cm³/mol. The summed E-state index contributed by atoms with van der Waals surface area (Å²) in [5.41, 5.74) is 1.38. The van der Waals surface area contributed by atoms with Crippen LogP contribution in [-0.4, -0.2) is 24.4 Å². The zero-order valence-corrected chi connectivity index (χ0v) is 11.7. The molecule has 0 aliphatic carbocycles.